The van der Waals surface area contributed by atoms with Crippen LogP contribution in [0, 0.1) is 20.8 Å². The molecule has 2 nitrogen and oxygen atoms in total. The number of anilines is 1. The normalized spacial score (nSPS) is 10.3. The summed E-state index contributed by atoms with van der Waals surface area (Å²) in [5.74, 6) is 0.0812. The van der Waals surface area contributed by atoms with Crippen molar-refractivity contribution < 1.29 is 4.79 Å². The topological polar surface area (TPSA) is 29.1 Å². The number of nitrogens with one attached hydrogen (secondary N) is 1. The second-order valence-electron chi connectivity index (χ2n) is 4.84. The molecule has 2 aromatic rings. The highest BCUT2D eigenvalue weighted by Crippen LogP contribution is 2.21. The zero-order valence-electron chi connectivity index (χ0n) is 11.9. The molecular formula is C17H19NO. The fourth-order valence-corrected chi connectivity index (χ4v) is 2.17. The van der Waals surface area contributed by atoms with Crippen LogP contribution in [0.3, 0.4) is 0 Å². The summed E-state index contributed by atoms with van der Waals surface area (Å²) >= 11 is 0. The molecule has 0 unspecified atom stereocenters. The Morgan fingerprint density at radius 2 is 1.74 bits per heavy atom. The third-order valence-electron chi connectivity index (χ3n) is 3.72. The van der Waals surface area contributed by atoms with Gasteiger partial charge in [-0.05, 0) is 49.6 Å². The van der Waals surface area contributed by atoms with Crippen LogP contribution in [0.5, 0.6) is 0 Å². The average Bonchev–Trinajstić information content (AvgIpc) is 2.44. The maximum Gasteiger partial charge on any atom is 0.193 e. The van der Waals surface area contributed by atoms with Crippen molar-refractivity contribution in [3.8, 4) is 0 Å². The van der Waals surface area contributed by atoms with Gasteiger partial charge in [0.25, 0.3) is 0 Å². The lowest BCUT2D eigenvalue weighted by atomic mass is 9.93. The van der Waals surface area contributed by atoms with Crippen molar-refractivity contribution in [3.05, 3.63) is 64.2 Å². The monoisotopic (exact) mass is 253 g/mol. The number of aryl methyl sites for hydroxylation is 1. The molecule has 0 saturated carbocycles. The molecule has 0 saturated heterocycles. The van der Waals surface area contributed by atoms with Crippen LogP contribution in [0.25, 0.3) is 0 Å². The highest BCUT2D eigenvalue weighted by molar-refractivity contribution is 6.10. The van der Waals surface area contributed by atoms with Gasteiger partial charge < -0.3 is 5.32 Å². The molecule has 0 bridgehead atoms. The number of ketones is 1. The smallest absolute Gasteiger partial charge is 0.193 e. The molecule has 1 N–H and O–H groups in total. The van der Waals surface area contributed by atoms with Crippen molar-refractivity contribution in [1.29, 1.82) is 0 Å². The summed E-state index contributed by atoms with van der Waals surface area (Å²) in [7, 11) is 1.85. The van der Waals surface area contributed by atoms with Gasteiger partial charge in [-0.15, -0.1) is 0 Å². The summed E-state index contributed by atoms with van der Waals surface area (Å²) in [6.07, 6.45) is 0. The largest absolute Gasteiger partial charge is 0.388 e. The van der Waals surface area contributed by atoms with Crippen molar-refractivity contribution in [3.63, 3.8) is 0 Å². The molecule has 0 atom stereocenters. The number of rotatable bonds is 3. The SMILES string of the molecule is CNc1cccc(C(=O)c2ccc(C)c(C)c2C)c1. The highest BCUT2D eigenvalue weighted by Gasteiger charge is 2.13. The molecule has 2 heteroatoms. The van der Waals surface area contributed by atoms with Crippen molar-refractivity contribution in [2.75, 3.05) is 12.4 Å². The van der Waals surface area contributed by atoms with Gasteiger partial charge in [0, 0.05) is 23.9 Å². The first-order valence-electron chi connectivity index (χ1n) is 6.44. The predicted octanol–water partition coefficient (Wildman–Crippen LogP) is 3.88. The molecule has 0 aliphatic rings. The van der Waals surface area contributed by atoms with Crippen LogP contribution in [-0.4, -0.2) is 12.8 Å². The molecule has 2 rings (SSSR count). The molecule has 0 aromatic heterocycles. The van der Waals surface area contributed by atoms with Gasteiger partial charge in [-0.1, -0.05) is 24.3 Å². The predicted molar refractivity (Wildman–Crippen MR) is 80.1 cm³/mol. The molecule has 0 fully saturated rings. The number of carbonyl (C=O) groups is 1. The minimum absolute atomic E-state index is 0.0812. The van der Waals surface area contributed by atoms with E-state index < -0.39 is 0 Å². The van der Waals surface area contributed by atoms with Crippen LogP contribution in [0.1, 0.15) is 32.6 Å². The third kappa shape index (κ3) is 2.53. The first kappa shape index (κ1) is 13.3. The third-order valence-corrected chi connectivity index (χ3v) is 3.72. The Kier molecular flexibility index (Phi) is 3.70. The Labute approximate surface area is 114 Å². The maximum absolute atomic E-state index is 12.6. The first-order chi connectivity index (χ1) is 9.04. The van der Waals surface area contributed by atoms with Crippen LogP contribution < -0.4 is 5.32 Å². The van der Waals surface area contributed by atoms with Gasteiger partial charge in [0.2, 0.25) is 0 Å². The Bertz CT molecular complexity index is 629. The summed E-state index contributed by atoms with van der Waals surface area (Å²) in [6.45, 7) is 6.14. The van der Waals surface area contributed by atoms with Crippen molar-refractivity contribution in [1.82, 2.24) is 0 Å². The zero-order valence-corrected chi connectivity index (χ0v) is 11.9. The van der Waals surface area contributed by atoms with Crippen LogP contribution in [0.4, 0.5) is 5.69 Å². The second-order valence-corrected chi connectivity index (χ2v) is 4.84. The Morgan fingerprint density at radius 3 is 2.42 bits per heavy atom. The molecule has 0 spiro atoms. The van der Waals surface area contributed by atoms with Gasteiger partial charge in [0.1, 0.15) is 0 Å². The average molecular weight is 253 g/mol. The minimum Gasteiger partial charge on any atom is -0.388 e. The maximum atomic E-state index is 12.6. The number of hydrogen-bond donors (Lipinski definition) is 1. The zero-order chi connectivity index (χ0) is 14.0. The van der Waals surface area contributed by atoms with Gasteiger partial charge in [-0.25, -0.2) is 0 Å². The summed E-state index contributed by atoms with van der Waals surface area (Å²) in [6, 6.07) is 11.5. The molecule has 0 heterocycles. The van der Waals surface area contributed by atoms with Gasteiger partial charge >= 0.3 is 0 Å². The fraction of sp³-hybridized carbons (Fsp3) is 0.235. The van der Waals surface area contributed by atoms with E-state index in [1.807, 2.05) is 50.4 Å². The van der Waals surface area contributed by atoms with Crippen molar-refractivity contribution >= 4 is 11.5 Å². The van der Waals surface area contributed by atoms with Crippen LogP contribution in [0.15, 0.2) is 36.4 Å². The summed E-state index contributed by atoms with van der Waals surface area (Å²) in [4.78, 5) is 12.6. The molecule has 0 amide bonds. The lowest BCUT2D eigenvalue weighted by molar-refractivity contribution is 0.103. The quantitative estimate of drug-likeness (QED) is 0.841. The summed E-state index contributed by atoms with van der Waals surface area (Å²) in [5.41, 5.74) is 5.94. The molecule has 0 aliphatic heterocycles. The lowest BCUT2D eigenvalue weighted by Crippen LogP contribution is -2.06. The van der Waals surface area contributed by atoms with Crippen LogP contribution in [0.2, 0.25) is 0 Å². The van der Waals surface area contributed by atoms with E-state index >= 15 is 0 Å². The van der Waals surface area contributed by atoms with E-state index in [-0.39, 0.29) is 5.78 Å². The lowest BCUT2D eigenvalue weighted by Gasteiger charge is -2.11. The van der Waals surface area contributed by atoms with E-state index in [1.165, 1.54) is 11.1 Å². The number of carbonyl (C=O) groups excluding carboxylic acids is 1. The highest BCUT2D eigenvalue weighted by atomic mass is 16.1. The van der Waals surface area contributed by atoms with Gasteiger partial charge in [0.05, 0.1) is 0 Å². The van der Waals surface area contributed by atoms with Crippen LogP contribution in [-0.2, 0) is 0 Å². The standard InChI is InChI=1S/C17H19NO/c1-11-8-9-16(13(3)12(11)2)17(19)14-6-5-7-15(10-14)18-4/h5-10,18H,1-4H3. The number of benzene rings is 2. The second kappa shape index (κ2) is 5.27. The fourth-order valence-electron chi connectivity index (χ4n) is 2.17. The minimum atomic E-state index is 0.0812. The van der Waals surface area contributed by atoms with E-state index in [0.29, 0.717) is 0 Å². The summed E-state index contributed by atoms with van der Waals surface area (Å²) < 4.78 is 0. The number of hydrogen-bond acceptors (Lipinski definition) is 2. The van der Waals surface area contributed by atoms with E-state index in [4.69, 9.17) is 0 Å². The Balaban J connectivity index is 2.47. The Morgan fingerprint density at radius 1 is 1.00 bits per heavy atom. The van der Waals surface area contributed by atoms with E-state index in [1.54, 1.807) is 0 Å². The Hall–Kier alpha value is -2.09. The molecule has 19 heavy (non-hydrogen) atoms. The van der Waals surface area contributed by atoms with Gasteiger partial charge in [-0.3, -0.25) is 4.79 Å². The van der Waals surface area contributed by atoms with E-state index in [9.17, 15) is 4.79 Å². The van der Waals surface area contributed by atoms with Crippen molar-refractivity contribution in [2.24, 2.45) is 0 Å². The molecule has 98 valence electrons. The van der Waals surface area contributed by atoms with Gasteiger partial charge in [-0.2, -0.15) is 0 Å². The molecular weight excluding hydrogens is 234 g/mol. The van der Waals surface area contributed by atoms with E-state index in [0.717, 1.165) is 22.4 Å². The molecule has 0 radical (unpaired) electrons. The molecule has 2 aromatic carbocycles. The first-order valence-corrected chi connectivity index (χ1v) is 6.44. The van der Waals surface area contributed by atoms with Crippen molar-refractivity contribution in [2.45, 2.75) is 20.8 Å². The summed E-state index contributed by atoms with van der Waals surface area (Å²) in [5, 5.41) is 3.06. The van der Waals surface area contributed by atoms with E-state index in [2.05, 4.69) is 19.2 Å². The molecule has 0 aliphatic carbocycles. The van der Waals surface area contributed by atoms with Gasteiger partial charge in [0.15, 0.2) is 5.78 Å². The van der Waals surface area contributed by atoms with Crippen LogP contribution >= 0.6 is 0 Å².